The van der Waals surface area contributed by atoms with Crippen LogP contribution in [0.2, 0.25) is 0 Å². The van der Waals surface area contributed by atoms with Crippen molar-refractivity contribution in [2.75, 3.05) is 25.0 Å². The Morgan fingerprint density at radius 3 is 2.26 bits per heavy atom. The first-order chi connectivity index (χ1) is 16.7. The van der Waals surface area contributed by atoms with E-state index in [-0.39, 0.29) is 24.5 Å². The normalized spacial score (nSPS) is 15.3. The van der Waals surface area contributed by atoms with Gasteiger partial charge in [0.2, 0.25) is 5.91 Å². The van der Waals surface area contributed by atoms with Gasteiger partial charge in [-0.15, -0.1) is 0 Å². The van der Waals surface area contributed by atoms with Gasteiger partial charge in [0.15, 0.2) is 0 Å². The second kappa shape index (κ2) is 12.1. The first kappa shape index (κ1) is 23.7. The second-order valence-corrected chi connectivity index (χ2v) is 8.55. The lowest BCUT2D eigenvalue weighted by molar-refractivity contribution is -0.117. The van der Waals surface area contributed by atoms with E-state index in [0.29, 0.717) is 30.9 Å². The highest BCUT2D eigenvalue weighted by atomic mass is 16.5. The molecule has 1 fully saturated rings. The molecule has 3 aromatic rings. The molecule has 0 saturated carbocycles. The molecule has 1 aliphatic rings. The molecule has 2 amide bonds. The minimum absolute atomic E-state index is 0.146. The van der Waals surface area contributed by atoms with Gasteiger partial charge in [-0.1, -0.05) is 72.8 Å². The molecule has 1 atom stereocenters. The number of para-hydroxylation sites is 1. The largest absolute Gasteiger partial charge is 0.377 e. The molecule has 0 aromatic heterocycles. The summed E-state index contributed by atoms with van der Waals surface area (Å²) in [5, 5.41) is 5.88. The molecule has 0 bridgehead atoms. The molecular formula is C28H31N3O3. The molecule has 1 aliphatic heterocycles. The smallest absolute Gasteiger partial charge is 0.253 e. The number of hydrogen-bond donors (Lipinski definition) is 2. The zero-order chi connectivity index (χ0) is 23.6. The Bertz CT molecular complexity index is 1070. The van der Waals surface area contributed by atoms with Crippen LogP contribution in [0.25, 0.3) is 0 Å². The number of anilines is 1. The van der Waals surface area contributed by atoms with E-state index >= 15 is 0 Å². The molecule has 6 heteroatoms. The Kier molecular flexibility index (Phi) is 8.43. The number of hydrogen-bond acceptors (Lipinski definition) is 4. The van der Waals surface area contributed by atoms with Crippen molar-refractivity contribution in [3.05, 3.63) is 102 Å². The van der Waals surface area contributed by atoms with Crippen LogP contribution in [0.3, 0.4) is 0 Å². The minimum Gasteiger partial charge on any atom is -0.377 e. The second-order valence-electron chi connectivity index (χ2n) is 8.55. The topological polar surface area (TPSA) is 70.7 Å². The number of nitrogens with one attached hydrogen (secondary N) is 2. The lowest BCUT2D eigenvalue weighted by Crippen LogP contribution is -2.38. The number of ether oxygens (including phenoxy) is 1. The fourth-order valence-corrected chi connectivity index (χ4v) is 4.16. The molecule has 0 radical (unpaired) electrons. The maximum atomic E-state index is 13.0. The van der Waals surface area contributed by atoms with Crippen LogP contribution in [0.1, 0.15) is 34.3 Å². The minimum atomic E-state index is -0.222. The molecule has 0 aliphatic carbocycles. The highest BCUT2D eigenvalue weighted by Gasteiger charge is 2.22. The van der Waals surface area contributed by atoms with Crippen LogP contribution in [0.15, 0.2) is 84.9 Å². The molecule has 34 heavy (non-hydrogen) atoms. The molecule has 2 N–H and O–H groups in total. The van der Waals surface area contributed by atoms with E-state index in [1.165, 1.54) is 0 Å². The van der Waals surface area contributed by atoms with E-state index < -0.39 is 0 Å². The average Bonchev–Trinajstić information content (AvgIpc) is 3.37. The monoisotopic (exact) mass is 457 g/mol. The predicted octanol–water partition coefficient (Wildman–Crippen LogP) is 4.24. The maximum Gasteiger partial charge on any atom is 0.253 e. The van der Waals surface area contributed by atoms with Crippen LogP contribution in [0.5, 0.6) is 0 Å². The van der Waals surface area contributed by atoms with Gasteiger partial charge in [-0.05, 0) is 36.1 Å². The molecular weight excluding hydrogens is 426 g/mol. The summed E-state index contributed by atoms with van der Waals surface area (Å²) in [7, 11) is 0. The molecule has 1 heterocycles. The molecule has 1 unspecified atom stereocenters. The molecule has 4 rings (SSSR count). The summed E-state index contributed by atoms with van der Waals surface area (Å²) in [5.41, 5.74) is 3.12. The summed E-state index contributed by atoms with van der Waals surface area (Å²) < 4.78 is 5.81. The van der Waals surface area contributed by atoms with Crippen molar-refractivity contribution in [3.63, 3.8) is 0 Å². The van der Waals surface area contributed by atoms with Crippen molar-refractivity contribution in [1.29, 1.82) is 0 Å². The fraction of sp³-hybridized carbons (Fsp3) is 0.286. The van der Waals surface area contributed by atoms with Crippen molar-refractivity contribution < 1.29 is 14.3 Å². The molecule has 6 nitrogen and oxygen atoms in total. The summed E-state index contributed by atoms with van der Waals surface area (Å²) in [5.74, 6) is -0.377. The van der Waals surface area contributed by atoms with Crippen molar-refractivity contribution in [1.82, 2.24) is 10.2 Å². The summed E-state index contributed by atoms with van der Waals surface area (Å²) in [6.07, 6.45) is 2.21. The van der Waals surface area contributed by atoms with E-state index in [1.807, 2.05) is 54.6 Å². The van der Waals surface area contributed by atoms with E-state index in [0.717, 1.165) is 30.6 Å². The number of carbonyl (C=O) groups is 2. The Balaban J connectivity index is 1.39. The van der Waals surface area contributed by atoms with Crippen molar-refractivity contribution in [3.8, 4) is 0 Å². The third kappa shape index (κ3) is 7.01. The van der Waals surface area contributed by atoms with E-state index in [9.17, 15) is 9.59 Å². The molecule has 3 aromatic carbocycles. The predicted molar refractivity (Wildman–Crippen MR) is 133 cm³/mol. The third-order valence-corrected chi connectivity index (χ3v) is 5.84. The van der Waals surface area contributed by atoms with Gasteiger partial charge in [-0.3, -0.25) is 14.5 Å². The Morgan fingerprint density at radius 1 is 0.882 bits per heavy atom. The lowest BCUT2D eigenvalue weighted by Gasteiger charge is -2.25. The van der Waals surface area contributed by atoms with Crippen molar-refractivity contribution in [2.24, 2.45) is 0 Å². The number of nitrogens with zero attached hydrogens (tertiary/aromatic N) is 1. The zero-order valence-electron chi connectivity index (χ0n) is 19.3. The van der Waals surface area contributed by atoms with Crippen LogP contribution in [0, 0.1) is 0 Å². The van der Waals surface area contributed by atoms with Gasteiger partial charge in [-0.25, -0.2) is 0 Å². The van der Waals surface area contributed by atoms with Gasteiger partial charge >= 0.3 is 0 Å². The average molecular weight is 458 g/mol. The quantitative estimate of drug-likeness (QED) is 0.478. The SMILES string of the molecule is O=C(CN(Cc1ccccc1)CC1CCCO1)Nc1ccccc1C(=O)NCc1ccccc1. The fourth-order valence-electron chi connectivity index (χ4n) is 4.16. The van der Waals surface area contributed by atoms with Gasteiger partial charge in [0.05, 0.1) is 23.9 Å². The molecule has 1 saturated heterocycles. The van der Waals surface area contributed by atoms with E-state index in [2.05, 4.69) is 27.7 Å². The van der Waals surface area contributed by atoms with Crippen molar-refractivity contribution >= 4 is 17.5 Å². The van der Waals surface area contributed by atoms with Crippen molar-refractivity contribution in [2.45, 2.75) is 32.0 Å². The highest BCUT2D eigenvalue weighted by molar-refractivity contribution is 6.04. The summed E-state index contributed by atoms with van der Waals surface area (Å²) in [4.78, 5) is 28.0. The number of benzene rings is 3. The Morgan fingerprint density at radius 2 is 1.56 bits per heavy atom. The number of rotatable bonds is 10. The number of carbonyl (C=O) groups excluding carboxylic acids is 2. The van der Waals surface area contributed by atoms with Crippen LogP contribution in [-0.4, -0.2) is 42.5 Å². The van der Waals surface area contributed by atoms with Gasteiger partial charge in [0, 0.05) is 26.2 Å². The van der Waals surface area contributed by atoms with Gasteiger partial charge in [0.25, 0.3) is 5.91 Å². The lowest BCUT2D eigenvalue weighted by atomic mass is 10.1. The first-order valence-corrected chi connectivity index (χ1v) is 11.8. The van der Waals surface area contributed by atoms with E-state index in [4.69, 9.17) is 4.74 Å². The Labute approximate surface area is 200 Å². The zero-order valence-corrected chi connectivity index (χ0v) is 19.3. The summed E-state index contributed by atoms with van der Waals surface area (Å²) in [6, 6.07) is 27.0. The van der Waals surface area contributed by atoms with Crippen LogP contribution in [0.4, 0.5) is 5.69 Å². The first-order valence-electron chi connectivity index (χ1n) is 11.8. The van der Waals surface area contributed by atoms with Crippen LogP contribution < -0.4 is 10.6 Å². The third-order valence-electron chi connectivity index (χ3n) is 5.84. The highest BCUT2D eigenvalue weighted by Crippen LogP contribution is 2.17. The van der Waals surface area contributed by atoms with Gasteiger partial charge in [0.1, 0.15) is 0 Å². The maximum absolute atomic E-state index is 13.0. The Hall–Kier alpha value is -3.48. The molecule has 0 spiro atoms. The summed E-state index contributed by atoms with van der Waals surface area (Å²) in [6.45, 7) is 2.78. The molecule has 176 valence electrons. The van der Waals surface area contributed by atoms with E-state index in [1.54, 1.807) is 18.2 Å². The number of amides is 2. The van der Waals surface area contributed by atoms with Gasteiger partial charge < -0.3 is 15.4 Å². The van der Waals surface area contributed by atoms with Crippen LogP contribution in [-0.2, 0) is 22.6 Å². The summed E-state index contributed by atoms with van der Waals surface area (Å²) >= 11 is 0. The standard InChI is InChI=1S/C28H31N3O3/c32-27(21-31(20-24-14-9-17-34-24)19-23-12-5-2-6-13-23)30-26-16-8-7-15-25(26)28(33)29-18-22-10-3-1-4-11-22/h1-8,10-13,15-16,24H,9,14,17-21H2,(H,29,33)(H,30,32). The van der Waals surface area contributed by atoms with Crippen LogP contribution >= 0.6 is 0 Å². The van der Waals surface area contributed by atoms with Gasteiger partial charge in [-0.2, -0.15) is 0 Å².